The van der Waals surface area contributed by atoms with E-state index in [1.807, 2.05) is 17.5 Å². The molecule has 0 N–H and O–H groups in total. The first-order valence-corrected chi connectivity index (χ1v) is 9.90. The van der Waals surface area contributed by atoms with Crippen molar-refractivity contribution in [2.75, 3.05) is 25.2 Å². The van der Waals surface area contributed by atoms with E-state index in [1.165, 1.54) is 28.4 Å². The standard InChI is InChI=1S/C21H19F3N2O3S/c1-3-29-19(27)12-26(16-8-6-15(7-9-16)21(22,23)24)20-25-18(13-30-20)14-4-10-17(28-2)11-5-14/h4-11,13H,3,12H2,1-2H3. The Morgan fingerprint density at radius 2 is 1.77 bits per heavy atom. The molecule has 2 aromatic carbocycles. The van der Waals surface area contributed by atoms with Crippen LogP contribution in [0.5, 0.6) is 5.75 Å². The second kappa shape index (κ2) is 9.17. The largest absolute Gasteiger partial charge is 0.497 e. The number of aromatic nitrogens is 1. The molecule has 1 heterocycles. The molecular formula is C21H19F3N2O3S. The second-order valence-electron chi connectivity index (χ2n) is 6.18. The van der Waals surface area contributed by atoms with E-state index in [9.17, 15) is 18.0 Å². The van der Waals surface area contributed by atoms with E-state index >= 15 is 0 Å². The fourth-order valence-corrected chi connectivity index (χ4v) is 3.57. The maximum atomic E-state index is 12.9. The molecule has 3 rings (SSSR count). The summed E-state index contributed by atoms with van der Waals surface area (Å²) in [5.74, 6) is 0.210. The number of benzene rings is 2. The van der Waals surface area contributed by atoms with Gasteiger partial charge in [-0.3, -0.25) is 4.79 Å². The van der Waals surface area contributed by atoms with E-state index in [0.717, 1.165) is 17.7 Å². The third-order valence-corrected chi connectivity index (χ3v) is 5.07. The quantitative estimate of drug-likeness (QED) is 0.455. The van der Waals surface area contributed by atoms with Crippen LogP contribution in [-0.4, -0.2) is 31.2 Å². The minimum absolute atomic E-state index is 0.172. The van der Waals surface area contributed by atoms with E-state index in [2.05, 4.69) is 4.98 Å². The van der Waals surface area contributed by atoms with Gasteiger partial charge >= 0.3 is 12.1 Å². The van der Waals surface area contributed by atoms with Gasteiger partial charge in [0, 0.05) is 16.6 Å². The lowest BCUT2D eigenvalue weighted by Gasteiger charge is -2.21. The third-order valence-electron chi connectivity index (χ3n) is 4.21. The Balaban J connectivity index is 1.92. The highest BCUT2D eigenvalue weighted by Gasteiger charge is 2.30. The number of esters is 1. The SMILES string of the molecule is CCOC(=O)CN(c1ccc(C(F)(F)F)cc1)c1nc(-c2ccc(OC)cc2)cs1. The number of nitrogens with zero attached hydrogens (tertiary/aromatic N) is 2. The Hall–Kier alpha value is -3.07. The van der Waals surface area contributed by atoms with Gasteiger partial charge in [0.05, 0.1) is 25.0 Å². The van der Waals surface area contributed by atoms with Crippen molar-refractivity contribution in [3.63, 3.8) is 0 Å². The number of ether oxygens (including phenoxy) is 2. The normalized spacial score (nSPS) is 11.2. The number of hydrogen-bond donors (Lipinski definition) is 0. The molecule has 5 nitrogen and oxygen atoms in total. The average molecular weight is 436 g/mol. The van der Waals surface area contributed by atoms with Crippen LogP contribution in [0.15, 0.2) is 53.9 Å². The number of halogens is 3. The number of carbonyl (C=O) groups excluding carboxylic acids is 1. The van der Waals surface area contributed by atoms with Crippen molar-refractivity contribution < 1.29 is 27.4 Å². The minimum atomic E-state index is -4.44. The molecule has 30 heavy (non-hydrogen) atoms. The van der Waals surface area contributed by atoms with Crippen LogP contribution < -0.4 is 9.64 Å². The summed E-state index contributed by atoms with van der Waals surface area (Å²) in [5, 5.41) is 2.29. The fraction of sp³-hybridized carbons (Fsp3) is 0.238. The summed E-state index contributed by atoms with van der Waals surface area (Å²) in [6, 6.07) is 11.9. The number of rotatable bonds is 7. The van der Waals surface area contributed by atoms with Crippen LogP contribution >= 0.6 is 11.3 Å². The molecule has 0 radical (unpaired) electrons. The Bertz CT molecular complexity index is 986. The Labute approximate surface area is 175 Å². The highest BCUT2D eigenvalue weighted by Crippen LogP contribution is 2.35. The third kappa shape index (κ3) is 5.10. The van der Waals surface area contributed by atoms with Crippen molar-refractivity contribution in [1.82, 2.24) is 4.98 Å². The number of alkyl halides is 3. The minimum Gasteiger partial charge on any atom is -0.497 e. The lowest BCUT2D eigenvalue weighted by molar-refractivity contribution is -0.141. The molecule has 9 heteroatoms. The molecule has 1 aromatic heterocycles. The van der Waals surface area contributed by atoms with Gasteiger partial charge in [-0.2, -0.15) is 13.2 Å². The first-order chi connectivity index (χ1) is 14.3. The van der Waals surface area contributed by atoms with Crippen LogP contribution in [0.25, 0.3) is 11.3 Å². The van der Waals surface area contributed by atoms with E-state index in [4.69, 9.17) is 9.47 Å². The first-order valence-electron chi connectivity index (χ1n) is 9.02. The highest BCUT2D eigenvalue weighted by atomic mass is 32.1. The Kier molecular flexibility index (Phi) is 6.61. The van der Waals surface area contributed by atoms with Crippen LogP contribution in [0, 0.1) is 0 Å². The van der Waals surface area contributed by atoms with Gasteiger partial charge in [-0.05, 0) is 55.5 Å². The lowest BCUT2D eigenvalue weighted by Crippen LogP contribution is -2.26. The smallest absolute Gasteiger partial charge is 0.416 e. The summed E-state index contributed by atoms with van der Waals surface area (Å²) in [5.41, 5.74) is 1.17. The molecular weight excluding hydrogens is 417 g/mol. The summed E-state index contributed by atoms with van der Waals surface area (Å²) >= 11 is 1.28. The summed E-state index contributed by atoms with van der Waals surface area (Å²) in [4.78, 5) is 18.2. The van der Waals surface area contributed by atoms with Gasteiger partial charge in [0.15, 0.2) is 5.13 Å². The molecule has 0 atom stereocenters. The molecule has 0 amide bonds. The lowest BCUT2D eigenvalue weighted by atomic mass is 10.2. The van der Waals surface area contributed by atoms with Gasteiger partial charge in [-0.1, -0.05) is 0 Å². The van der Waals surface area contributed by atoms with Crippen molar-refractivity contribution in [1.29, 1.82) is 0 Å². The molecule has 0 aliphatic heterocycles. The molecule has 0 spiro atoms. The van der Waals surface area contributed by atoms with Gasteiger partial charge < -0.3 is 14.4 Å². The van der Waals surface area contributed by atoms with Crippen LogP contribution in [0.2, 0.25) is 0 Å². The van der Waals surface area contributed by atoms with Crippen molar-refractivity contribution in [2.45, 2.75) is 13.1 Å². The van der Waals surface area contributed by atoms with Gasteiger partial charge in [0.2, 0.25) is 0 Å². The second-order valence-corrected chi connectivity index (χ2v) is 7.02. The molecule has 0 saturated carbocycles. The van der Waals surface area contributed by atoms with Gasteiger partial charge in [0.25, 0.3) is 0 Å². The van der Waals surface area contributed by atoms with Crippen LogP contribution in [0.3, 0.4) is 0 Å². The van der Waals surface area contributed by atoms with Crippen LogP contribution in [-0.2, 0) is 15.7 Å². The van der Waals surface area contributed by atoms with E-state index in [1.54, 1.807) is 26.2 Å². The van der Waals surface area contributed by atoms with Crippen LogP contribution in [0.1, 0.15) is 12.5 Å². The monoisotopic (exact) mass is 436 g/mol. The molecule has 0 aliphatic rings. The van der Waals surface area contributed by atoms with Crippen molar-refractivity contribution in [3.05, 3.63) is 59.5 Å². The summed E-state index contributed by atoms with van der Waals surface area (Å²) < 4.78 is 48.8. The fourth-order valence-electron chi connectivity index (χ4n) is 2.72. The van der Waals surface area contributed by atoms with Crippen molar-refractivity contribution in [3.8, 4) is 17.0 Å². The van der Waals surface area contributed by atoms with Crippen molar-refractivity contribution >= 4 is 28.1 Å². The maximum Gasteiger partial charge on any atom is 0.416 e. The van der Waals surface area contributed by atoms with Crippen molar-refractivity contribution in [2.24, 2.45) is 0 Å². The van der Waals surface area contributed by atoms with E-state index in [-0.39, 0.29) is 13.2 Å². The highest BCUT2D eigenvalue weighted by molar-refractivity contribution is 7.14. The Morgan fingerprint density at radius 3 is 2.33 bits per heavy atom. The molecule has 0 aliphatic carbocycles. The predicted octanol–water partition coefficient (Wildman–Crippen LogP) is 5.54. The maximum absolute atomic E-state index is 12.9. The van der Waals surface area contributed by atoms with E-state index in [0.29, 0.717) is 22.3 Å². The summed E-state index contributed by atoms with van der Waals surface area (Å²) in [7, 11) is 1.58. The number of anilines is 2. The number of thiazole rings is 1. The molecule has 0 saturated heterocycles. The topological polar surface area (TPSA) is 51.7 Å². The number of carbonyl (C=O) groups is 1. The van der Waals surface area contributed by atoms with Gasteiger partial charge in [0.1, 0.15) is 12.3 Å². The molecule has 0 bridgehead atoms. The van der Waals surface area contributed by atoms with E-state index < -0.39 is 17.7 Å². The predicted molar refractivity (Wildman–Crippen MR) is 109 cm³/mol. The van der Waals surface area contributed by atoms with Crippen LogP contribution in [0.4, 0.5) is 24.0 Å². The Morgan fingerprint density at radius 1 is 1.10 bits per heavy atom. The zero-order chi connectivity index (χ0) is 21.7. The molecule has 0 unspecified atom stereocenters. The summed E-state index contributed by atoms with van der Waals surface area (Å²) in [6.07, 6.45) is -4.44. The number of hydrogen-bond acceptors (Lipinski definition) is 6. The zero-order valence-corrected chi connectivity index (χ0v) is 17.1. The van der Waals surface area contributed by atoms with Gasteiger partial charge in [-0.25, -0.2) is 4.98 Å². The zero-order valence-electron chi connectivity index (χ0n) is 16.3. The molecule has 0 fully saturated rings. The molecule has 158 valence electrons. The first kappa shape index (κ1) is 21.6. The van der Waals surface area contributed by atoms with Gasteiger partial charge in [-0.15, -0.1) is 11.3 Å². The number of methoxy groups -OCH3 is 1. The summed E-state index contributed by atoms with van der Waals surface area (Å²) in [6.45, 7) is 1.72. The average Bonchev–Trinajstić information content (AvgIpc) is 3.22. The molecule has 3 aromatic rings.